The number of aliphatic hydroxyl groups is 1. The number of ether oxygens (including phenoxy) is 1. The molecule has 0 bridgehead atoms. The Morgan fingerprint density at radius 1 is 1.15 bits per heavy atom. The minimum absolute atomic E-state index is 0.231. The van der Waals surface area contributed by atoms with Gasteiger partial charge in [-0.2, -0.15) is 0 Å². The average Bonchev–Trinajstić information content (AvgIpc) is 2.05. The van der Waals surface area contributed by atoms with Crippen molar-refractivity contribution in [1.29, 1.82) is 0 Å². The largest absolute Gasteiger partial charge is 0.392 e. The van der Waals surface area contributed by atoms with Gasteiger partial charge in [-0.05, 0) is 41.8 Å². The fourth-order valence-electron chi connectivity index (χ4n) is 0.636. The second kappa shape index (κ2) is 9.96. The highest BCUT2D eigenvalue weighted by molar-refractivity contribution is 4.64. The molecular formula is C10H25NO2. The van der Waals surface area contributed by atoms with Crippen molar-refractivity contribution in [3.05, 3.63) is 0 Å². The zero-order valence-electron chi connectivity index (χ0n) is 9.87. The molecular weight excluding hydrogens is 166 g/mol. The van der Waals surface area contributed by atoms with E-state index in [1.165, 1.54) is 0 Å². The zero-order chi connectivity index (χ0) is 10.9. The van der Waals surface area contributed by atoms with Gasteiger partial charge >= 0.3 is 0 Å². The molecule has 0 heterocycles. The van der Waals surface area contributed by atoms with Crippen LogP contribution in [0.15, 0.2) is 0 Å². The van der Waals surface area contributed by atoms with E-state index in [0.29, 0.717) is 0 Å². The predicted molar refractivity (Wildman–Crippen MR) is 57.0 cm³/mol. The van der Waals surface area contributed by atoms with Gasteiger partial charge in [0.25, 0.3) is 0 Å². The summed E-state index contributed by atoms with van der Waals surface area (Å²) in [5, 5.41) is 8.95. The summed E-state index contributed by atoms with van der Waals surface area (Å²) >= 11 is 0. The molecule has 2 atom stereocenters. The summed E-state index contributed by atoms with van der Waals surface area (Å²) in [5.41, 5.74) is 0. The van der Waals surface area contributed by atoms with E-state index in [2.05, 4.69) is 0 Å². The first-order valence-corrected chi connectivity index (χ1v) is 4.89. The van der Waals surface area contributed by atoms with E-state index in [4.69, 9.17) is 9.84 Å². The van der Waals surface area contributed by atoms with Crippen LogP contribution in [0.4, 0.5) is 0 Å². The summed E-state index contributed by atoms with van der Waals surface area (Å²) in [6, 6.07) is 0.259. The first kappa shape index (κ1) is 15.4. The minimum atomic E-state index is -0.231. The van der Waals surface area contributed by atoms with Gasteiger partial charge < -0.3 is 14.7 Å². The van der Waals surface area contributed by atoms with Gasteiger partial charge in [0.05, 0.1) is 6.10 Å². The molecule has 0 saturated carbocycles. The molecule has 1 N–H and O–H groups in total. The van der Waals surface area contributed by atoms with Crippen molar-refractivity contribution in [3.63, 3.8) is 0 Å². The minimum Gasteiger partial charge on any atom is -0.392 e. The molecule has 0 aromatic heterocycles. The molecule has 0 aliphatic heterocycles. The number of nitrogens with zero attached hydrogens (tertiary/aromatic N) is 1. The first-order chi connectivity index (χ1) is 5.97. The summed E-state index contributed by atoms with van der Waals surface area (Å²) in [6.07, 6.45) is -0.231. The third kappa shape index (κ3) is 11.9. The van der Waals surface area contributed by atoms with Gasteiger partial charge in [0, 0.05) is 19.3 Å². The highest BCUT2D eigenvalue weighted by Gasteiger charge is 2.08. The molecule has 0 amide bonds. The Hall–Kier alpha value is -0.120. The molecule has 0 fully saturated rings. The maximum absolute atomic E-state index is 8.95. The number of hydrogen-bond acceptors (Lipinski definition) is 3. The summed E-state index contributed by atoms with van der Waals surface area (Å²) in [5.74, 6) is 0. The van der Waals surface area contributed by atoms with Crippen LogP contribution < -0.4 is 0 Å². The molecule has 3 heteroatoms. The maximum atomic E-state index is 8.95. The second-order valence-electron chi connectivity index (χ2n) is 3.23. The van der Waals surface area contributed by atoms with E-state index >= 15 is 0 Å². The lowest BCUT2D eigenvalue weighted by molar-refractivity contribution is 0.101. The molecule has 0 aromatic carbocycles. The van der Waals surface area contributed by atoms with Crippen molar-refractivity contribution in [2.75, 3.05) is 27.3 Å². The summed E-state index contributed by atoms with van der Waals surface area (Å²) in [6.45, 7) is 9.45. The Morgan fingerprint density at radius 2 is 1.54 bits per heavy atom. The molecule has 82 valence electrons. The van der Waals surface area contributed by atoms with Crippen LogP contribution in [0.2, 0.25) is 0 Å². The van der Waals surface area contributed by atoms with Crippen LogP contribution in [0, 0.1) is 0 Å². The number of hydrogen-bond donors (Lipinski definition) is 1. The highest BCUT2D eigenvalue weighted by Crippen LogP contribution is 1.96. The number of aliphatic hydroxyl groups excluding tert-OH is 1. The van der Waals surface area contributed by atoms with Crippen molar-refractivity contribution in [1.82, 2.24) is 4.90 Å². The van der Waals surface area contributed by atoms with Gasteiger partial charge in [-0.3, -0.25) is 0 Å². The van der Waals surface area contributed by atoms with Gasteiger partial charge in [-0.15, -0.1) is 0 Å². The number of likely N-dealkylation sites (N-methyl/N-ethyl adjacent to an activating group) is 1. The molecule has 3 nitrogen and oxygen atoms in total. The second-order valence-corrected chi connectivity index (χ2v) is 3.23. The molecule has 0 radical (unpaired) electrons. The van der Waals surface area contributed by atoms with Crippen molar-refractivity contribution < 1.29 is 9.84 Å². The molecule has 0 aromatic rings. The Labute approximate surface area is 82.7 Å². The Balaban J connectivity index is 0. The van der Waals surface area contributed by atoms with Crippen LogP contribution >= 0.6 is 0 Å². The normalized spacial score (nSPS) is 14.8. The molecule has 0 spiro atoms. The van der Waals surface area contributed by atoms with Crippen LogP contribution in [0.1, 0.15) is 27.7 Å². The van der Waals surface area contributed by atoms with Gasteiger partial charge in [-0.1, -0.05) is 0 Å². The summed E-state index contributed by atoms with van der Waals surface area (Å²) in [7, 11) is 3.91. The SMILES string of the molecule is CC(O)C(C)N(C)C.CCOCC. The van der Waals surface area contributed by atoms with Crippen LogP contribution in [0.3, 0.4) is 0 Å². The standard InChI is InChI=1S/C6H15NO.C4H10O/c1-5(6(2)8)7(3)4;1-3-5-4-2/h5-6,8H,1-4H3;3-4H2,1-2H3. The van der Waals surface area contributed by atoms with Crippen LogP contribution in [0.25, 0.3) is 0 Å². The average molecular weight is 191 g/mol. The van der Waals surface area contributed by atoms with E-state index < -0.39 is 0 Å². The fourth-order valence-corrected chi connectivity index (χ4v) is 0.636. The zero-order valence-corrected chi connectivity index (χ0v) is 9.87. The Bertz CT molecular complexity index is 84.9. The van der Waals surface area contributed by atoms with Crippen molar-refractivity contribution in [2.24, 2.45) is 0 Å². The number of rotatable bonds is 4. The monoisotopic (exact) mass is 191 g/mol. The Kier molecular flexibility index (Phi) is 11.8. The van der Waals surface area contributed by atoms with E-state index in [-0.39, 0.29) is 12.1 Å². The van der Waals surface area contributed by atoms with Crippen molar-refractivity contribution in [2.45, 2.75) is 39.8 Å². The van der Waals surface area contributed by atoms with Gasteiger partial charge in [-0.25, -0.2) is 0 Å². The van der Waals surface area contributed by atoms with E-state index in [9.17, 15) is 0 Å². The topological polar surface area (TPSA) is 32.7 Å². The summed E-state index contributed by atoms with van der Waals surface area (Å²) in [4.78, 5) is 1.99. The maximum Gasteiger partial charge on any atom is 0.0664 e. The summed E-state index contributed by atoms with van der Waals surface area (Å²) < 4.78 is 4.83. The molecule has 0 rings (SSSR count). The molecule has 13 heavy (non-hydrogen) atoms. The van der Waals surface area contributed by atoms with Crippen molar-refractivity contribution in [3.8, 4) is 0 Å². The molecule has 0 aliphatic carbocycles. The first-order valence-electron chi connectivity index (χ1n) is 4.89. The lowest BCUT2D eigenvalue weighted by atomic mass is 10.2. The van der Waals surface area contributed by atoms with Crippen LogP contribution in [-0.2, 0) is 4.74 Å². The Morgan fingerprint density at radius 3 is 1.54 bits per heavy atom. The van der Waals surface area contributed by atoms with Crippen LogP contribution in [0.5, 0.6) is 0 Å². The quantitative estimate of drug-likeness (QED) is 0.728. The van der Waals surface area contributed by atoms with Gasteiger partial charge in [0.15, 0.2) is 0 Å². The molecule has 2 unspecified atom stereocenters. The lowest BCUT2D eigenvalue weighted by Gasteiger charge is -2.21. The third-order valence-electron chi connectivity index (χ3n) is 1.92. The third-order valence-corrected chi connectivity index (χ3v) is 1.92. The van der Waals surface area contributed by atoms with E-state index in [1.807, 2.05) is 39.8 Å². The predicted octanol–water partition coefficient (Wildman–Crippen LogP) is 1.36. The van der Waals surface area contributed by atoms with Gasteiger partial charge in [0.1, 0.15) is 0 Å². The smallest absolute Gasteiger partial charge is 0.0664 e. The van der Waals surface area contributed by atoms with E-state index in [1.54, 1.807) is 6.92 Å². The highest BCUT2D eigenvalue weighted by atomic mass is 16.5. The molecule has 0 saturated heterocycles. The van der Waals surface area contributed by atoms with Gasteiger partial charge in [0.2, 0.25) is 0 Å². The molecule has 0 aliphatic rings. The van der Waals surface area contributed by atoms with Crippen molar-refractivity contribution >= 4 is 0 Å². The fraction of sp³-hybridized carbons (Fsp3) is 1.00. The van der Waals surface area contributed by atoms with E-state index in [0.717, 1.165) is 13.2 Å². The van der Waals surface area contributed by atoms with Crippen LogP contribution in [-0.4, -0.2) is 49.5 Å². The lowest BCUT2D eigenvalue weighted by Crippen LogP contribution is -2.34.